The maximum Gasteiger partial charge on any atom is 0.168 e. The van der Waals surface area contributed by atoms with Crippen molar-refractivity contribution in [2.24, 2.45) is 0 Å². The SMILES string of the molecule is Cc1cc(Br)c(C(=O)Cc2cccc(F)c2)cc1Br. The highest BCUT2D eigenvalue weighted by Crippen LogP contribution is 2.26. The topological polar surface area (TPSA) is 17.1 Å². The third kappa shape index (κ3) is 3.51. The summed E-state index contributed by atoms with van der Waals surface area (Å²) >= 11 is 6.81. The first-order valence-corrected chi connectivity index (χ1v) is 7.29. The van der Waals surface area contributed by atoms with Crippen LogP contribution in [-0.2, 0) is 6.42 Å². The van der Waals surface area contributed by atoms with E-state index in [1.54, 1.807) is 18.2 Å². The van der Waals surface area contributed by atoms with Gasteiger partial charge in [-0.2, -0.15) is 0 Å². The molecule has 4 heteroatoms. The number of hydrogen-bond donors (Lipinski definition) is 0. The molecule has 0 aliphatic heterocycles. The molecule has 0 atom stereocenters. The average molecular weight is 386 g/mol. The van der Waals surface area contributed by atoms with Crippen LogP contribution in [0.1, 0.15) is 21.5 Å². The zero-order chi connectivity index (χ0) is 14.0. The first-order chi connectivity index (χ1) is 8.97. The summed E-state index contributed by atoms with van der Waals surface area (Å²) in [6, 6.07) is 9.79. The average Bonchev–Trinajstić information content (AvgIpc) is 2.33. The minimum Gasteiger partial charge on any atom is -0.294 e. The van der Waals surface area contributed by atoms with E-state index in [0.29, 0.717) is 11.1 Å². The van der Waals surface area contributed by atoms with E-state index in [1.807, 2.05) is 13.0 Å². The lowest BCUT2D eigenvalue weighted by Crippen LogP contribution is -2.05. The molecule has 2 rings (SSSR count). The highest BCUT2D eigenvalue weighted by Gasteiger charge is 2.13. The van der Waals surface area contributed by atoms with E-state index in [9.17, 15) is 9.18 Å². The zero-order valence-electron chi connectivity index (χ0n) is 10.2. The summed E-state index contributed by atoms with van der Waals surface area (Å²) in [5, 5.41) is 0. The molecule has 1 nitrogen and oxygen atoms in total. The number of ketones is 1. The van der Waals surface area contributed by atoms with Gasteiger partial charge < -0.3 is 0 Å². The smallest absolute Gasteiger partial charge is 0.168 e. The molecule has 0 amide bonds. The van der Waals surface area contributed by atoms with Crippen LogP contribution in [0, 0.1) is 12.7 Å². The van der Waals surface area contributed by atoms with Crippen LogP contribution < -0.4 is 0 Å². The second kappa shape index (κ2) is 5.97. The molecule has 0 fully saturated rings. The maximum absolute atomic E-state index is 13.1. The summed E-state index contributed by atoms with van der Waals surface area (Å²) in [7, 11) is 0. The number of hydrogen-bond acceptors (Lipinski definition) is 1. The molecule has 0 saturated heterocycles. The van der Waals surface area contributed by atoms with Crippen molar-refractivity contribution in [2.45, 2.75) is 13.3 Å². The van der Waals surface area contributed by atoms with Gasteiger partial charge in [-0.3, -0.25) is 4.79 Å². The molecule has 0 N–H and O–H groups in total. The van der Waals surface area contributed by atoms with Gasteiger partial charge in [-0.1, -0.05) is 44.0 Å². The van der Waals surface area contributed by atoms with Crippen LogP contribution in [0.5, 0.6) is 0 Å². The van der Waals surface area contributed by atoms with Gasteiger partial charge in [0.1, 0.15) is 5.82 Å². The standard InChI is InChI=1S/C15H11Br2FO/c1-9-5-14(17)12(8-13(9)16)15(19)7-10-3-2-4-11(18)6-10/h2-6,8H,7H2,1H3. The number of aryl methyl sites for hydroxylation is 1. The Kier molecular flexibility index (Phi) is 4.53. The van der Waals surface area contributed by atoms with Crippen LogP contribution in [0.25, 0.3) is 0 Å². The second-order valence-electron chi connectivity index (χ2n) is 4.31. The number of benzene rings is 2. The molecule has 0 saturated carbocycles. The zero-order valence-corrected chi connectivity index (χ0v) is 13.4. The highest BCUT2D eigenvalue weighted by molar-refractivity contribution is 9.11. The Morgan fingerprint density at radius 1 is 1.16 bits per heavy atom. The Labute approximate surface area is 128 Å². The molecule has 2 aromatic rings. The minimum absolute atomic E-state index is 0.0434. The van der Waals surface area contributed by atoms with Crippen molar-refractivity contribution in [3.8, 4) is 0 Å². The van der Waals surface area contributed by atoms with E-state index in [4.69, 9.17) is 0 Å². The Morgan fingerprint density at radius 3 is 2.58 bits per heavy atom. The van der Waals surface area contributed by atoms with E-state index < -0.39 is 0 Å². The number of carbonyl (C=O) groups excluding carboxylic acids is 1. The lowest BCUT2D eigenvalue weighted by Gasteiger charge is -2.07. The first kappa shape index (κ1) is 14.4. The molecule has 0 radical (unpaired) electrons. The molecule has 19 heavy (non-hydrogen) atoms. The van der Waals surface area contributed by atoms with Gasteiger partial charge in [0.2, 0.25) is 0 Å². The van der Waals surface area contributed by atoms with Gasteiger partial charge in [0.05, 0.1) is 0 Å². The molecule has 0 heterocycles. The molecule has 0 bridgehead atoms. The molecular formula is C15H11Br2FO. The predicted octanol–water partition coefficient (Wildman–Crippen LogP) is 5.08. The third-order valence-electron chi connectivity index (χ3n) is 2.80. The fourth-order valence-corrected chi connectivity index (χ4v) is 2.81. The number of rotatable bonds is 3. The van der Waals surface area contributed by atoms with Gasteiger partial charge in [-0.15, -0.1) is 0 Å². The summed E-state index contributed by atoms with van der Waals surface area (Å²) in [5.74, 6) is -0.368. The van der Waals surface area contributed by atoms with Crippen LogP contribution in [0.15, 0.2) is 45.3 Å². The fraction of sp³-hybridized carbons (Fsp3) is 0.133. The molecular weight excluding hydrogens is 375 g/mol. The number of carbonyl (C=O) groups is 1. The van der Waals surface area contributed by atoms with Crippen LogP contribution in [0.2, 0.25) is 0 Å². The maximum atomic E-state index is 13.1. The third-order valence-corrected chi connectivity index (χ3v) is 4.31. The Morgan fingerprint density at radius 2 is 1.89 bits per heavy atom. The summed E-state index contributed by atoms with van der Waals surface area (Å²) in [4.78, 5) is 12.2. The molecule has 98 valence electrons. The van der Waals surface area contributed by atoms with E-state index in [-0.39, 0.29) is 18.0 Å². The van der Waals surface area contributed by atoms with E-state index in [1.165, 1.54) is 12.1 Å². The highest BCUT2D eigenvalue weighted by atomic mass is 79.9. The van der Waals surface area contributed by atoms with Crippen molar-refractivity contribution in [3.05, 3.63) is 67.9 Å². The first-order valence-electron chi connectivity index (χ1n) is 5.70. The van der Waals surface area contributed by atoms with E-state index >= 15 is 0 Å². The van der Waals surface area contributed by atoms with Crippen molar-refractivity contribution >= 4 is 37.6 Å². The molecule has 0 aliphatic carbocycles. The van der Waals surface area contributed by atoms with E-state index in [0.717, 1.165) is 14.5 Å². The van der Waals surface area contributed by atoms with Crippen LogP contribution in [0.4, 0.5) is 4.39 Å². The molecule has 2 aromatic carbocycles. The Hall–Kier alpha value is -1.00. The molecule has 0 aliphatic rings. The monoisotopic (exact) mass is 384 g/mol. The summed E-state index contributed by atoms with van der Waals surface area (Å²) < 4.78 is 14.7. The normalized spacial score (nSPS) is 10.5. The lowest BCUT2D eigenvalue weighted by atomic mass is 10.0. The summed E-state index contributed by atoms with van der Waals surface area (Å²) in [6.45, 7) is 1.95. The fourth-order valence-electron chi connectivity index (χ4n) is 1.79. The van der Waals surface area contributed by atoms with Crippen molar-refractivity contribution in [2.75, 3.05) is 0 Å². The van der Waals surface area contributed by atoms with Crippen LogP contribution in [-0.4, -0.2) is 5.78 Å². The van der Waals surface area contributed by atoms with Crippen LogP contribution >= 0.6 is 31.9 Å². The summed E-state index contributed by atoms with van der Waals surface area (Å²) in [5.41, 5.74) is 2.32. The minimum atomic E-state index is -0.325. The molecule has 0 aromatic heterocycles. The van der Waals surface area contributed by atoms with Crippen molar-refractivity contribution in [3.63, 3.8) is 0 Å². The quantitative estimate of drug-likeness (QED) is 0.673. The van der Waals surface area contributed by atoms with Crippen molar-refractivity contribution in [1.29, 1.82) is 0 Å². The molecule has 0 unspecified atom stereocenters. The Balaban J connectivity index is 2.28. The number of Topliss-reactive ketones (excluding diaryl/α,β-unsaturated/α-hetero) is 1. The summed E-state index contributed by atoms with van der Waals surface area (Å²) in [6.07, 6.45) is 0.186. The van der Waals surface area contributed by atoms with E-state index in [2.05, 4.69) is 31.9 Å². The van der Waals surface area contributed by atoms with Gasteiger partial charge in [0, 0.05) is 20.9 Å². The van der Waals surface area contributed by atoms with Gasteiger partial charge in [0.15, 0.2) is 5.78 Å². The number of halogens is 3. The van der Waals surface area contributed by atoms with Gasteiger partial charge in [0.25, 0.3) is 0 Å². The lowest BCUT2D eigenvalue weighted by molar-refractivity contribution is 0.0992. The van der Waals surface area contributed by atoms with Crippen molar-refractivity contribution in [1.82, 2.24) is 0 Å². The Bertz CT molecular complexity index is 638. The predicted molar refractivity (Wildman–Crippen MR) is 81.0 cm³/mol. The second-order valence-corrected chi connectivity index (χ2v) is 6.02. The van der Waals surface area contributed by atoms with Crippen molar-refractivity contribution < 1.29 is 9.18 Å². The largest absolute Gasteiger partial charge is 0.294 e. The van der Waals surface area contributed by atoms with Gasteiger partial charge in [-0.25, -0.2) is 4.39 Å². The van der Waals surface area contributed by atoms with Gasteiger partial charge in [-0.05, 0) is 42.3 Å². The van der Waals surface area contributed by atoms with Gasteiger partial charge >= 0.3 is 0 Å². The van der Waals surface area contributed by atoms with Crippen LogP contribution in [0.3, 0.4) is 0 Å². The molecule has 0 spiro atoms.